The normalized spacial score (nSPS) is 25.1. The maximum Gasteiger partial charge on any atom is 0.319 e. The standard InChI is InChI=1S/C34H34F3N5O4/c1-4-24-27(36)7-6-20-10-22(43)11-25(28(20)24)30-29(37)31-26(13-38-30)32(42-15-23(44-3)17-45-16-19(42)2)40-33(39-31)46-18-34-8-5-9-41(34)14-21(35)12-34/h1,6-7,10-11,13,19,21,23,43H,5,8-9,12,14-18H2,2-3H3/t19?,21-,23?,34+/m1/s1. The summed E-state index contributed by atoms with van der Waals surface area (Å²) >= 11 is 0. The van der Waals surface area contributed by atoms with Crippen molar-refractivity contribution in [1.29, 1.82) is 0 Å². The van der Waals surface area contributed by atoms with Crippen molar-refractivity contribution in [3.8, 4) is 35.4 Å². The molecule has 0 spiro atoms. The number of phenols is 1. The number of rotatable bonds is 6. The van der Waals surface area contributed by atoms with E-state index in [4.69, 9.17) is 25.6 Å². The number of anilines is 1. The number of halogens is 3. The van der Waals surface area contributed by atoms with Crippen molar-refractivity contribution in [3.63, 3.8) is 0 Å². The lowest BCUT2D eigenvalue weighted by molar-refractivity contribution is 0.0261. The van der Waals surface area contributed by atoms with Gasteiger partial charge in [0.15, 0.2) is 5.82 Å². The van der Waals surface area contributed by atoms with E-state index in [1.54, 1.807) is 7.11 Å². The molecule has 0 amide bonds. The van der Waals surface area contributed by atoms with Crippen LogP contribution in [-0.4, -0.2) is 95.4 Å². The highest BCUT2D eigenvalue weighted by molar-refractivity contribution is 6.03. The summed E-state index contributed by atoms with van der Waals surface area (Å²) in [5.41, 5.74) is -0.693. The second kappa shape index (κ2) is 11.9. The van der Waals surface area contributed by atoms with Gasteiger partial charge in [-0.25, -0.2) is 13.2 Å². The van der Waals surface area contributed by atoms with Gasteiger partial charge in [-0.15, -0.1) is 6.42 Å². The smallest absolute Gasteiger partial charge is 0.319 e. The molecular formula is C34H34F3N5O4. The van der Waals surface area contributed by atoms with Crippen LogP contribution in [-0.2, 0) is 9.47 Å². The van der Waals surface area contributed by atoms with E-state index in [-0.39, 0.29) is 58.2 Å². The summed E-state index contributed by atoms with van der Waals surface area (Å²) in [6.07, 6.45) is 7.98. The van der Waals surface area contributed by atoms with Crippen molar-refractivity contribution in [2.45, 2.75) is 50.0 Å². The van der Waals surface area contributed by atoms with Gasteiger partial charge in [0.2, 0.25) is 0 Å². The molecule has 1 N–H and O–H groups in total. The molecule has 3 aliphatic rings. The summed E-state index contributed by atoms with van der Waals surface area (Å²) in [5.74, 6) is 1.09. The molecule has 2 aromatic heterocycles. The number of hydrogen-bond acceptors (Lipinski definition) is 9. The van der Waals surface area contributed by atoms with Gasteiger partial charge in [0.1, 0.15) is 41.4 Å². The Morgan fingerprint density at radius 3 is 2.85 bits per heavy atom. The fourth-order valence-corrected chi connectivity index (χ4v) is 7.24. The molecule has 0 radical (unpaired) electrons. The largest absolute Gasteiger partial charge is 0.508 e. The number of methoxy groups -OCH3 is 1. The first-order chi connectivity index (χ1) is 22.2. The predicted octanol–water partition coefficient (Wildman–Crippen LogP) is 5.01. The third-order valence-electron chi connectivity index (χ3n) is 9.53. The van der Waals surface area contributed by atoms with Crippen LogP contribution < -0.4 is 9.64 Å². The van der Waals surface area contributed by atoms with Gasteiger partial charge in [0, 0.05) is 43.8 Å². The van der Waals surface area contributed by atoms with Gasteiger partial charge >= 0.3 is 6.01 Å². The number of pyridine rings is 1. The topological polar surface area (TPSA) is 93.1 Å². The van der Waals surface area contributed by atoms with Crippen molar-refractivity contribution in [2.75, 3.05) is 51.5 Å². The number of ether oxygens (including phenoxy) is 3. The molecule has 9 nitrogen and oxygen atoms in total. The van der Waals surface area contributed by atoms with E-state index >= 15 is 4.39 Å². The molecule has 2 unspecified atom stereocenters. The van der Waals surface area contributed by atoms with Crippen LogP contribution in [0.1, 0.15) is 31.7 Å². The molecular weight excluding hydrogens is 599 g/mol. The van der Waals surface area contributed by atoms with Crippen LogP contribution in [0.15, 0.2) is 30.5 Å². The number of nitrogens with zero attached hydrogens (tertiary/aromatic N) is 5. The molecule has 3 fully saturated rings. The summed E-state index contributed by atoms with van der Waals surface area (Å²) in [4.78, 5) is 17.9. The third kappa shape index (κ3) is 5.16. The quantitative estimate of drug-likeness (QED) is 0.295. The number of hydrogen-bond donors (Lipinski definition) is 1. The Morgan fingerprint density at radius 2 is 2.04 bits per heavy atom. The number of aromatic nitrogens is 3. The highest BCUT2D eigenvalue weighted by atomic mass is 19.1. The molecule has 0 bridgehead atoms. The van der Waals surface area contributed by atoms with Crippen LogP contribution in [0.25, 0.3) is 32.9 Å². The Hall–Kier alpha value is -4.18. The molecule has 0 saturated carbocycles. The zero-order valence-corrected chi connectivity index (χ0v) is 25.6. The number of aromatic hydroxyl groups is 1. The number of alkyl halides is 1. The maximum atomic E-state index is 16.8. The Kier molecular flexibility index (Phi) is 7.87. The lowest BCUT2D eigenvalue weighted by Crippen LogP contribution is -2.43. The first-order valence-electron chi connectivity index (χ1n) is 15.4. The first kappa shape index (κ1) is 30.5. The van der Waals surface area contributed by atoms with E-state index in [0.29, 0.717) is 49.3 Å². The van der Waals surface area contributed by atoms with Gasteiger partial charge < -0.3 is 24.2 Å². The molecule has 240 valence electrons. The summed E-state index contributed by atoms with van der Waals surface area (Å²) < 4.78 is 63.8. The van der Waals surface area contributed by atoms with Gasteiger partial charge in [-0.3, -0.25) is 9.88 Å². The fraction of sp³-hybridized carbons (Fsp3) is 0.441. The minimum absolute atomic E-state index is 0.0652. The summed E-state index contributed by atoms with van der Waals surface area (Å²) in [7, 11) is 1.60. The molecule has 2 aromatic carbocycles. The number of fused-ring (bicyclic) bond motifs is 3. The molecule has 7 rings (SSSR count). The van der Waals surface area contributed by atoms with Crippen LogP contribution >= 0.6 is 0 Å². The zero-order valence-electron chi connectivity index (χ0n) is 25.6. The van der Waals surface area contributed by atoms with Gasteiger partial charge in [0.05, 0.1) is 41.8 Å². The molecule has 3 aliphatic heterocycles. The molecule has 12 heteroatoms. The summed E-state index contributed by atoms with van der Waals surface area (Å²) in [5, 5.41) is 11.5. The maximum absolute atomic E-state index is 16.8. The molecule has 4 atom stereocenters. The lowest BCUT2D eigenvalue weighted by Gasteiger charge is -2.32. The van der Waals surface area contributed by atoms with Crippen molar-refractivity contribution in [1.82, 2.24) is 19.9 Å². The second-order valence-corrected chi connectivity index (χ2v) is 12.4. The summed E-state index contributed by atoms with van der Waals surface area (Å²) in [6.45, 7) is 4.42. The van der Waals surface area contributed by atoms with Crippen molar-refractivity contribution in [2.24, 2.45) is 0 Å². The Balaban J connectivity index is 1.40. The van der Waals surface area contributed by atoms with Crippen LogP contribution in [0.2, 0.25) is 0 Å². The van der Waals surface area contributed by atoms with E-state index in [2.05, 4.69) is 20.8 Å². The minimum Gasteiger partial charge on any atom is -0.508 e. The number of benzene rings is 2. The highest BCUT2D eigenvalue weighted by Gasteiger charge is 2.49. The average molecular weight is 634 g/mol. The number of phenolic OH excluding ortho intramolecular Hbond substituents is 1. The van der Waals surface area contributed by atoms with Crippen molar-refractivity contribution in [3.05, 3.63) is 47.7 Å². The van der Waals surface area contributed by atoms with E-state index < -0.39 is 23.3 Å². The fourth-order valence-electron chi connectivity index (χ4n) is 7.24. The van der Waals surface area contributed by atoms with Gasteiger partial charge in [-0.1, -0.05) is 12.0 Å². The first-order valence-corrected chi connectivity index (χ1v) is 15.4. The van der Waals surface area contributed by atoms with Crippen LogP contribution in [0.5, 0.6) is 11.8 Å². The van der Waals surface area contributed by atoms with Crippen molar-refractivity contribution >= 4 is 27.5 Å². The van der Waals surface area contributed by atoms with E-state index in [0.717, 1.165) is 19.4 Å². The predicted molar refractivity (Wildman–Crippen MR) is 167 cm³/mol. The van der Waals surface area contributed by atoms with E-state index in [1.807, 2.05) is 11.8 Å². The average Bonchev–Trinajstić information content (AvgIpc) is 3.49. The molecule has 4 aromatic rings. The van der Waals surface area contributed by atoms with Crippen LogP contribution in [0.3, 0.4) is 0 Å². The SMILES string of the molecule is C#Cc1c(F)ccc2cc(O)cc(-c3ncc4c(N5CC(OC)COCC5C)nc(OC[C@@]56CCCN5C[C@H](F)C6)nc4c3F)c12. The highest BCUT2D eigenvalue weighted by Crippen LogP contribution is 2.42. The van der Waals surface area contributed by atoms with Crippen LogP contribution in [0.4, 0.5) is 19.0 Å². The van der Waals surface area contributed by atoms with Gasteiger partial charge in [-0.2, -0.15) is 9.97 Å². The molecule has 5 heterocycles. The van der Waals surface area contributed by atoms with Gasteiger partial charge in [0.25, 0.3) is 0 Å². The molecule has 46 heavy (non-hydrogen) atoms. The Morgan fingerprint density at radius 1 is 1.20 bits per heavy atom. The molecule has 3 saturated heterocycles. The third-order valence-corrected chi connectivity index (χ3v) is 9.53. The van der Waals surface area contributed by atoms with Crippen LogP contribution in [0, 0.1) is 24.0 Å². The van der Waals surface area contributed by atoms with Gasteiger partial charge in [-0.05, 0) is 49.9 Å². The monoisotopic (exact) mass is 633 g/mol. The van der Waals surface area contributed by atoms with E-state index in [1.165, 1.54) is 30.5 Å². The molecule has 0 aliphatic carbocycles. The minimum atomic E-state index is -0.943. The van der Waals surface area contributed by atoms with Crippen molar-refractivity contribution < 1.29 is 32.5 Å². The zero-order chi connectivity index (χ0) is 32.2. The Bertz CT molecular complexity index is 1870. The van der Waals surface area contributed by atoms with E-state index in [9.17, 15) is 13.9 Å². The Labute approximate surface area is 264 Å². The lowest BCUT2D eigenvalue weighted by atomic mass is 9.95. The number of terminal acetylenes is 1. The summed E-state index contributed by atoms with van der Waals surface area (Å²) in [6, 6.07) is 5.16. The second-order valence-electron chi connectivity index (χ2n) is 12.4.